The maximum atomic E-state index is 12.5. The number of halogens is 1. The Kier molecular flexibility index (Phi) is 6.10. The summed E-state index contributed by atoms with van der Waals surface area (Å²) < 4.78 is 5.74. The van der Waals surface area contributed by atoms with Crippen LogP contribution in [0.3, 0.4) is 0 Å². The number of aromatic amines is 1. The van der Waals surface area contributed by atoms with E-state index in [2.05, 4.69) is 21.2 Å². The van der Waals surface area contributed by atoms with E-state index in [1.807, 2.05) is 41.3 Å². The van der Waals surface area contributed by atoms with Crippen molar-refractivity contribution >= 4 is 17.5 Å². The number of hydrogen-bond donors (Lipinski definition) is 1. The highest BCUT2D eigenvalue weighted by atomic mass is 35.5. The molecule has 0 bridgehead atoms. The quantitative estimate of drug-likeness (QED) is 0.645. The summed E-state index contributed by atoms with van der Waals surface area (Å²) in [5, 5.41) is 8.22. The van der Waals surface area contributed by atoms with Crippen molar-refractivity contribution in [2.75, 3.05) is 19.7 Å². The Morgan fingerprint density at radius 3 is 3.00 bits per heavy atom. The van der Waals surface area contributed by atoms with Gasteiger partial charge in [0, 0.05) is 48.0 Å². The van der Waals surface area contributed by atoms with Crippen LogP contribution in [0, 0.1) is 0 Å². The molecule has 1 aliphatic rings. The average molecular weight is 411 g/mol. The fourth-order valence-electron chi connectivity index (χ4n) is 3.55. The number of aromatic nitrogens is 3. The molecule has 7 heteroatoms. The Bertz CT molecular complexity index is 960. The second-order valence-electron chi connectivity index (χ2n) is 7.20. The number of carbonyl (C=O) groups is 1. The van der Waals surface area contributed by atoms with E-state index >= 15 is 0 Å². The van der Waals surface area contributed by atoms with Crippen molar-refractivity contribution in [1.29, 1.82) is 0 Å². The Morgan fingerprint density at radius 2 is 2.17 bits per heavy atom. The van der Waals surface area contributed by atoms with Crippen molar-refractivity contribution in [3.63, 3.8) is 0 Å². The lowest BCUT2D eigenvalue weighted by molar-refractivity contribution is -0.129. The molecule has 0 radical (unpaired) electrons. The summed E-state index contributed by atoms with van der Waals surface area (Å²) in [4.78, 5) is 18.7. The van der Waals surface area contributed by atoms with Gasteiger partial charge in [-0.05, 0) is 42.8 Å². The van der Waals surface area contributed by atoms with Crippen LogP contribution in [0.2, 0.25) is 5.02 Å². The Labute approximate surface area is 174 Å². The van der Waals surface area contributed by atoms with E-state index in [0.717, 1.165) is 42.2 Å². The lowest BCUT2D eigenvalue weighted by atomic mass is 10.0. The normalized spacial score (nSPS) is 16.2. The Balaban J connectivity index is 1.27. The minimum Gasteiger partial charge on any atom is -0.493 e. The lowest BCUT2D eigenvalue weighted by Gasteiger charge is -2.15. The van der Waals surface area contributed by atoms with Gasteiger partial charge in [0.15, 0.2) is 0 Å². The second-order valence-corrected chi connectivity index (χ2v) is 7.63. The number of hydrogen-bond acceptors (Lipinski definition) is 4. The molecule has 0 unspecified atom stereocenters. The van der Waals surface area contributed by atoms with Gasteiger partial charge in [0.05, 0.1) is 18.7 Å². The molecule has 1 N–H and O–H groups in total. The van der Waals surface area contributed by atoms with Crippen molar-refractivity contribution in [3.05, 3.63) is 76.8 Å². The van der Waals surface area contributed by atoms with Crippen LogP contribution in [0.5, 0.6) is 5.75 Å². The molecule has 1 amide bonds. The average Bonchev–Trinajstić information content (AvgIpc) is 3.38. The third-order valence-electron chi connectivity index (χ3n) is 5.10. The van der Waals surface area contributed by atoms with E-state index in [4.69, 9.17) is 16.3 Å². The number of carbonyl (C=O) groups excluding carboxylic acids is 1. The summed E-state index contributed by atoms with van der Waals surface area (Å²) in [5.74, 6) is 1.15. The highest BCUT2D eigenvalue weighted by molar-refractivity contribution is 6.30. The number of nitrogens with one attached hydrogen (secondary N) is 1. The van der Waals surface area contributed by atoms with Gasteiger partial charge in [-0.25, -0.2) is 0 Å². The van der Waals surface area contributed by atoms with Gasteiger partial charge in [-0.15, -0.1) is 0 Å². The smallest absolute Gasteiger partial charge is 0.228 e. The maximum absolute atomic E-state index is 12.5. The Hall–Kier alpha value is -2.86. The summed E-state index contributed by atoms with van der Waals surface area (Å²) >= 11 is 5.97. The number of ether oxygens (including phenoxy) is 1. The third kappa shape index (κ3) is 5.15. The first-order valence-electron chi connectivity index (χ1n) is 9.77. The maximum Gasteiger partial charge on any atom is 0.228 e. The Morgan fingerprint density at radius 1 is 1.24 bits per heavy atom. The molecule has 3 heterocycles. The SMILES string of the molecule is O=C(Cc1ccccn1)N1CC[C@H](c2cc(CCOc3cccc(Cl)c3)[nH]n2)C1. The van der Waals surface area contributed by atoms with Gasteiger partial charge >= 0.3 is 0 Å². The molecule has 1 saturated heterocycles. The summed E-state index contributed by atoms with van der Waals surface area (Å²) in [6.07, 6.45) is 3.72. The fraction of sp³-hybridized carbons (Fsp3) is 0.318. The van der Waals surface area contributed by atoms with Crippen LogP contribution in [0.15, 0.2) is 54.7 Å². The van der Waals surface area contributed by atoms with E-state index in [1.165, 1.54) is 0 Å². The highest BCUT2D eigenvalue weighted by Gasteiger charge is 2.29. The van der Waals surface area contributed by atoms with Crippen molar-refractivity contribution in [3.8, 4) is 5.75 Å². The minimum absolute atomic E-state index is 0.122. The van der Waals surface area contributed by atoms with E-state index in [1.54, 1.807) is 12.3 Å². The number of H-pyrrole nitrogens is 1. The van der Waals surface area contributed by atoms with Crippen molar-refractivity contribution in [2.24, 2.45) is 0 Å². The number of benzene rings is 1. The first-order valence-corrected chi connectivity index (χ1v) is 10.2. The zero-order chi connectivity index (χ0) is 20.1. The van der Waals surface area contributed by atoms with E-state index in [0.29, 0.717) is 24.6 Å². The van der Waals surface area contributed by atoms with Crippen molar-refractivity contribution in [1.82, 2.24) is 20.1 Å². The van der Waals surface area contributed by atoms with Gasteiger partial charge in [-0.1, -0.05) is 23.7 Å². The van der Waals surface area contributed by atoms with Crippen LogP contribution in [-0.2, 0) is 17.6 Å². The van der Waals surface area contributed by atoms with Crippen LogP contribution < -0.4 is 4.74 Å². The molecule has 3 aromatic rings. The second kappa shape index (κ2) is 9.09. The van der Waals surface area contributed by atoms with Gasteiger partial charge in [-0.2, -0.15) is 5.10 Å². The van der Waals surface area contributed by atoms with Gasteiger partial charge < -0.3 is 9.64 Å². The summed E-state index contributed by atoms with van der Waals surface area (Å²) in [7, 11) is 0. The number of likely N-dealkylation sites (tertiary alicyclic amines) is 1. The van der Waals surface area contributed by atoms with Crippen LogP contribution >= 0.6 is 11.6 Å². The van der Waals surface area contributed by atoms with E-state index in [-0.39, 0.29) is 11.8 Å². The minimum atomic E-state index is 0.122. The number of pyridine rings is 1. The fourth-order valence-corrected chi connectivity index (χ4v) is 3.73. The standard InChI is InChI=1S/C22H23ClN4O2/c23-17-4-3-6-20(12-17)29-11-8-19-13-21(26-25-19)16-7-10-27(15-16)22(28)14-18-5-1-2-9-24-18/h1-6,9,12-13,16H,7-8,10-11,14-15H2,(H,25,26)/t16-/m0/s1. The molecule has 6 nitrogen and oxygen atoms in total. The predicted octanol–water partition coefficient (Wildman–Crippen LogP) is 3.64. The molecular weight excluding hydrogens is 388 g/mol. The van der Waals surface area contributed by atoms with Crippen LogP contribution in [-0.4, -0.2) is 45.7 Å². The van der Waals surface area contributed by atoms with Gasteiger partial charge in [0.1, 0.15) is 5.75 Å². The molecule has 1 fully saturated rings. The van der Waals surface area contributed by atoms with Gasteiger partial charge in [0.25, 0.3) is 0 Å². The number of amides is 1. The molecular formula is C22H23ClN4O2. The van der Waals surface area contributed by atoms with Crippen LogP contribution in [0.25, 0.3) is 0 Å². The number of nitrogens with zero attached hydrogens (tertiary/aromatic N) is 3. The summed E-state index contributed by atoms with van der Waals surface area (Å²) in [5.41, 5.74) is 2.85. The van der Waals surface area contributed by atoms with Crippen molar-refractivity contribution in [2.45, 2.75) is 25.2 Å². The molecule has 2 aromatic heterocycles. The lowest BCUT2D eigenvalue weighted by Crippen LogP contribution is -2.30. The number of rotatable bonds is 7. The summed E-state index contributed by atoms with van der Waals surface area (Å²) in [6.45, 7) is 2.01. The van der Waals surface area contributed by atoms with Gasteiger partial charge in [0.2, 0.25) is 5.91 Å². The predicted molar refractivity (Wildman–Crippen MR) is 111 cm³/mol. The first-order chi connectivity index (χ1) is 14.2. The zero-order valence-electron chi connectivity index (χ0n) is 16.1. The molecule has 4 rings (SSSR count). The van der Waals surface area contributed by atoms with Crippen LogP contribution in [0.1, 0.15) is 29.4 Å². The molecule has 0 aliphatic carbocycles. The monoisotopic (exact) mass is 410 g/mol. The van der Waals surface area contributed by atoms with E-state index < -0.39 is 0 Å². The molecule has 0 spiro atoms. The third-order valence-corrected chi connectivity index (χ3v) is 5.34. The topological polar surface area (TPSA) is 71.1 Å². The molecule has 150 valence electrons. The zero-order valence-corrected chi connectivity index (χ0v) is 16.8. The highest BCUT2D eigenvalue weighted by Crippen LogP contribution is 2.27. The molecule has 0 saturated carbocycles. The largest absolute Gasteiger partial charge is 0.493 e. The first kappa shape index (κ1) is 19.5. The summed E-state index contributed by atoms with van der Waals surface area (Å²) in [6, 6.07) is 15.1. The van der Waals surface area contributed by atoms with Crippen LogP contribution in [0.4, 0.5) is 0 Å². The van der Waals surface area contributed by atoms with Crippen molar-refractivity contribution < 1.29 is 9.53 Å². The van der Waals surface area contributed by atoms with Gasteiger partial charge in [-0.3, -0.25) is 14.9 Å². The molecule has 1 aliphatic heterocycles. The molecule has 1 aromatic carbocycles. The molecule has 1 atom stereocenters. The molecule has 29 heavy (non-hydrogen) atoms. The van der Waals surface area contributed by atoms with E-state index in [9.17, 15) is 4.79 Å².